The molecule has 5 nitrogen and oxygen atoms in total. The Kier molecular flexibility index (Phi) is 4.86. The molecule has 0 bridgehead atoms. The molecule has 0 amide bonds. The summed E-state index contributed by atoms with van der Waals surface area (Å²) in [5, 5.41) is 20.5. The van der Waals surface area contributed by atoms with Gasteiger partial charge in [0.2, 0.25) is 0 Å². The summed E-state index contributed by atoms with van der Waals surface area (Å²) in [6.07, 6.45) is 3.62. The number of aliphatic carboxylic acids is 1. The number of hydrogen-bond acceptors (Lipinski definition) is 3. The van der Waals surface area contributed by atoms with Gasteiger partial charge in [-0.3, -0.25) is 14.2 Å². The topological polar surface area (TPSA) is 79.5 Å². The van der Waals surface area contributed by atoms with Gasteiger partial charge in [-0.1, -0.05) is 25.3 Å². The molecule has 1 aliphatic rings. The van der Waals surface area contributed by atoms with Crippen molar-refractivity contribution in [3.63, 3.8) is 0 Å². The molecule has 1 unspecified atom stereocenters. The molecular weight excluding hydrogens is 373 g/mol. The number of carboxylic acids is 1. The van der Waals surface area contributed by atoms with Crippen LogP contribution >= 0.6 is 0 Å². The third kappa shape index (κ3) is 3.39. The molecule has 1 atom stereocenters. The first-order chi connectivity index (χ1) is 13.9. The summed E-state index contributed by atoms with van der Waals surface area (Å²) in [6.45, 7) is 1.71. The van der Waals surface area contributed by atoms with Gasteiger partial charge in [0.15, 0.2) is 0 Å². The lowest BCUT2D eigenvalue weighted by molar-refractivity contribution is -0.139. The fourth-order valence-corrected chi connectivity index (χ4v) is 4.29. The number of phenols is 1. The van der Waals surface area contributed by atoms with Gasteiger partial charge in [0, 0.05) is 16.6 Å². The van der Waals surface area contributed by atoms with Crippen LogP contribution in [0.1, 0.15) is 53.2 Å². The number of phenolic OH excluding ortho intramolecular Hbond substituents is 1. The minimum absolute atomic E-state index is 0.00175. The highest BCUT2D eigenvalue weighted by atomic mass is 19.1. The second kappa shape index (κ2) is 7.35. The van der Waals surface area contributed by atoms with E-state index in [2.05, 4.69) is 0 Å². The van der Waals surface area contributed by atoms with Gasteiger partial charge in [0.05, 0.1) is 11.4 Å². The van der Waals surface area contributed by atoms with Crippen molar-refractivity contribution in [3.8, 4) is 5.75 Å². The van der Waals surface area contributed by atoms with E-state index in [0.717, 1.165) is 25.3 Å². The number of rotatable bonds is 5. The third-order valence-electron chi connectivity index (χ3n) is 5.95. The first-order valence-electron chi connectivity index (χ1n) is 9.74. The summed E-state index contributed by atoms with van der Waals surface area (Å²) in [7, 11) is 0. The zero-order valence-electron chi connectivity index (χ0n) is 16.1. The van der Waals surface area contributed by atoms with Gasteiger partial charge in [-0.15, -0.1) is 0 Å². The second-order valence-electron chi connectivity index (χ2n) is 7.77. The predicted octanol–water partition coefficient (Wildman–Crippen LogP) is 4.84. The number of carbonyl (C=O) groups excluding carboxylic acids is 1. The number of aromatic hydroxyl groups is 1. The molecule has 3 aromatic rings. The number of aromatic nitrogens is 1. The fourth-order valence-electron chi connectivity index (χ4n) is 4.29. The molecule has 1 aromatic heterocycles. The highest BCUT2D eigenvalue weighted by Gasteiger charge is 2.33. The van der Waals surface area contributed by atoms with Gasteiger partial charge >= 0.3 is 5.97 Å². The van der Waals surface area contributed by atoms with E-state index in [1.54, 1.807) is 13.0 Å². The molecule has 1 aliphatic carbocycles. The molecule has 0 saturated heterocycles. The van der Waals surface area contributed by atoms with E-state index in [9.17, 15) is 24.2 Å². The number of hydrogen-bond donors (Lipinski definition) is 2. The molecule has 0 radical (unpaired) electrons. The lowest BCUT2D eigenvalue weighted by atomic mass is 9.77. The molecular formula is C23H22FNO4. The van der Waals surface area contributed by atoms with Gasteiger partial charge in [-0.2, -0.15) is 0 Å². The van der Waals surface area contributed by atoms with Crippen LogP contribution in [0.4, 0.5) is 4.39 Å². The average molecular weight is 395 g/mol. The number of carbonyl (C=O) groups is 2. The molecule has 150 valence electrons. The monoisotopic (exact) mass is 395 g/mol. The Balaban J connectivity index is 1.91. The van der Waals surface area contributed by atoms with Crippen molar-refractivity contribution in [1.82, 2.24) is 4.57 Å². The Hall–Kier alpha value is -3.15. The van der Waals surface area contributed by atoms with Gasteiger partial charge in [-0.05, 0) is 61.2 Å². The van der Waals surface area contributed by atoms with Crippen LogP contribution in [-0.4, -0.2) is 26.7 Å². The Morgan fingerprint density at radius 1 is 1.21 bits per heavy atom. The maximum atomic E-state index is 13.7. The normalized spacial score (nSPS) is 15.2. The third-order valence-corrected chi connectivity index (χ3v) is 5.95. The molecule has 0 aliphatic heterocycles. The highest BCUT2D eigenvalue weighted by molar-refractivity contribution is 6.05. The maximum absolute atomic E-state index is 13.7. The minimum atomic E-state index is -0.944. The second-order valence-corrected chi connectivity index (χ2v) is 7.77. The molecule has 0 spiro atoms. The summed E-state index contributed by atoms with van der Waals surface area (Å²) in [5.74, 6) is -2.31. The van der Waals surface area contributed by atoms with Crippen LogP contribution in [0.2, 0.25) is 0 Å². The standard InChI is InChI=1S/C23H22FNO4/c1-13-21(19(23(28)29)10-14-4-2-5-14)18-12-17(26)8-9-20(18)25(13)22(27)15-6-3-7-16(24)11-15/h3,6-9,11-12,14,19,26H,2,4-5,10H2,1H3,(H,28,29). The first-order valence-corrected chi connectivity index (χ1v) is 9.74. The quantitative estimate of drug-likeness (QED) is 0.648. The fraction of sp³-hybridized carbons (Fsp3) is 0.304. The average Bonchev–Trinajstić information content (AvgIpc) is 2.91. The summed E-state index contributed by atoms with van der Waals surface area (Å²) in [5.41, 5.74) is 1.73. The van der Waals surface area contributed by atoms with Crippen molar-refractivity contribution < 1.29 is 24.2 Å². The zero-order chi connectivity index (χ0) is 20.7. The van der Waals surface area contributed by atoms with Crippen molar-refractivity contribution >= 4 is 22.8 Å². The van der Waals surface area contributed by atoms with Gasteiger partial charge in [0.1, 0.15) is 11.6 Å². The molecule has 29 heavy (non-hydrogen) atoms. The van der Waals surface area contributed by atoms with Crippen LogP contribution < -0.4 is 0 Å². The van der Waals surface area contributed by atoms with Crippen molar-refractivity contribution in [2.75, 3.05) is 0 Å². The van der Waals surface area contributed by atoms with E-state index in [1.807, 2.05) is 0 Å². The smallest absolute Gasteiger partial charge is 0.311 e. The van der Waals surface area contributed by atoms with E-state index < -0.39 is 23.6 Å². The maximum Gasteiger partial charge on any atom is 0.311 e. The molecule has 4 rings (SSSR count). The molecule has 2 N–H and O–H groups in total. The van der Waals surface area contributed by atoms with E-state index in [0.29, 0.717) is 34.5 Å². The van der Waals surface area contributed by atoms with E-state index >= 15 is 0 Å². The largest absolute Gasteiger partial charge is 0.508 e. The number of fused-ring (bicyclic) bond motifs is 1. The Morgan fingerprint density at radius 3 is 2.59 bits per heavy atom. The van der Waals surface area contributed by atoms with Crippen molar-refractivity contribution in [2.45, 2.75) is 38.5 Å². The van der Waals surface area contributed by atoms with E-state index in [-0.39, 0.29) is 11.3 Å². The number of halogens is 1. The van der Waals surface area contributed by atoms with Crippen LogP contribution in [0.3, 0.4) is 0 Å². The highest BCUT2D eigenvalue weighted by Crippen LogP contribution is 2.41. The Bertz CT molecular complexity index is 1110. The van der Waals surface area contributed by atoms with Crippen LogP contribution in [0.15, 0.2) is 42.5 Å². The molecule has 2 aromatic carbocycles. The first kappa shape index (κ1) is 19.2. The lowest BCUT2D eigenvalue weighted by Crippen LogP contribution is -2.21. The number of benzene rings is 2. The van der Waals surface area contributed by atoms with Gasteiger partial charge < -0.3 is 10.2 Å². The summed E-state index contributed by atoms with van der Waals surface area (Å²) >= 11 is 0. The van der Waals surface area contributed by atoms with Crippen LogP contribution in [0.5, 0.6) is 5.75 Å². The van der Waals surface area contributed by atoms with Crippen LogP contribution in [0.25, 0.3) is 10.9 Å². The van der Waals surface area contributed by atoms with Crippen LogP contribution in [-0.2, 0) is 4.79 Å². The number of nitrogens with zero attached hydrogens (tertiary/aromatic N) is 1. The lowest BCUT2D eigenvalue weighted by Gasteiger charge is -2.28. The molecule has 1 saturated carbocycles. The van der Waals surface area contributed by atoms with Crippen molar-refractivity contribution in [3.05, 3.63) is 65.1 Å². The van der Waals surface area contributed by atoms with Crippen molar-refractivity contribution in [2.24, 2.45) is 5.92 Å². The number of carboxylic acid groups (broad SMARTS) is 1. The Morgan fingerprint density at radius 2 is 1.97 bits per heavy atom. The van der Waals surface area contributed by atoms with E-state index in [1.165, 1.54) is 34.9 Å². The summed E-state index contributed by atoms with van der Waals surface area (Å²) in [4.78, 5) is 25.3. The summed E-state index contributed by atoms with van der Waals surface area (Å²) in [6, 6.07) is 9.98. The van der Waals surface area contributed by atoms with E-state index in [4.69, 9.17) is 0 Å². The Labute approximate surface area is 167 Å². The SMILES string of the molecule is Cc1c(C(CC2CCC2)C(=O)O)c2cc(O)ccc2n1C(=O)c1cccc(F)c1. The van der Waals surface area contributed by atoms with Crippen molar-refractivity contribution in [1.29, 1.82) is 0 Å². The molecule has 1 heterocycles. The minimum Gasteiger partial charge on any atom is -0.508 e. The predicted molar refractivity (Wildman–Crippen MR) is 107 cm³/mol. The molecule has 1 fully saturated rings. The van der Waals surface area contributed by atoms with Crippen LogP contribution in [0, 0.1) is 18.7 Å². The zero-order valence-corrected chi connectivity index (χ0v) is 16.1. The van der Waals surface area contributed by atoms with Gasteiger partial charge in [0.25, 0.3) is 5.91 Å². The molecule has 6 heteroatoms. The summed E-state index contributed by atoms with van der Waals surface area (Å²) < 4.78 is 15.1. The van der Waals surface area contributed by atoms with Gasteiger partial charge in [-0.25, -0.2) is 4.39 Å².